The van der Waals surface area contributed by atoms with Crippen molar-refractivity contribution in [1.29, 1.82) is 0 Å². The van der Waals surface area contributed by atoms with Crippen molar-refractivity contribution in [3.05, 3.63) is 68.0 Å². The summed E-state index contributed by atoms with van der Waals surface area (Å²) in [4.78, 5) is 0. The van der Waals surface area contributed by atoms with Crippen LogP contribution >= 0.6 is 34.2 Å². The number of nitrogens with one attached hydrogen (secondary N) is 1. The smallest absolute Gasteiger partial charge is 0.124 e. The zero-order chi connectivity index (χ0) is 13.8. The van der Waals surface area contributed by atoms with E-state index in [0.717, 1.165) is 21.2 Å². The molecule has 0 bridgehead atoms. The minimum Gasteiger partial charge on any atom is -0.306 e. The second kappa shape index (κ2) is 6.68. The van der Waals surface area contributed by atoms with E-state index in [4.69, 9.17) is 11.6 Å². The highest BCUT2D eigenvalue weighted by molar-refractivity contribution is 14.1. The normalized spacial score (nSPS) is 12.4. The molecule has 1 N–H and O–H groups in total. The minimum atomic E-state index is -0.213. The first-order chi connectivity index (χ1) is 9.11. The number of rotatable bonds is 4. The SMILES string of the molecule is CCNC(c1cccc(Cl)c1)c1ccc(F)cc1I. The van der Waals surface area contributed by atoms with E-state index in [-0.39, 0.29) is 11.9 Å². The number of halogens is 3. The molecule has 0 amide bonds. The van der Waals surface area contributed by atoms with Crippen molar-refractivity contribution in [3.8, 4) is 0 Å². The molecule has 0 saturated carbocycles. The summed E-state index contributed by atoms with van der Waals surface area (Å²) in [6.07, 6.45) is 0. The Labute approximate surface area is 131 Å². The molecule has 1 unspecified atom stereocenters. The number of hydrogen-bond acceptors (Lipinski definition) is 1. The predicted octanol–water partition coefficient (Wildman–Crippen LogP) is 4.78. The van der Waals surface area contributed by atoms with Crippen LogP contribution in [0.1, 0.15) is 24.1 Å². The molecule has 2 aromatic carbocycles. The summed E-state index contributed by atoms with van der Waals surface area (Å²) in [6.45, 7) is 2.87. The molecule has 1 atom stereocenters. The van der Waals surface area contributed by atoms with E-state index in [0.29, 0.717) is 5.02 Å². The Morgan fingerprint density at radius 1 is 1.26 bits per heavy atom. The molecular weight excluding hydrogens is 376 g/mol. The Kier molecular flexibility index (Phi) is 5.19. The van der Waals surface area contributed by atoms with E-state index in [9.17, 15) is 4.39 Å². The van der Waals surface area contributed by atoms with Crippen LogP contribution in [0.2, 0.25) is 5.02 Å². The van der Waals surface area contributed by atoms with Crippen LogP contribution in [0, 0.1) is 9.39 Å². The van der Waals surface area contributed by atoms with Crippen molar-refractivity contribution in [1.82, 2.24) is 5.32 Å². The molecule has 19 heavy (non-hydrogen) atoms. The maximum Gasteiger partial charge on any atom is 0.124 e. The van der Waals surface area contributed by atoms with Gasteiger partial charge in [0.25, 0.3) is 0 Å². The number of benzene rings is 2. The molecule has 1 nitrogen and oxygen atoms in total. The van der Waals surface area contributed by atoms with Crippen molar-refractivity contribution in [2.75, 3.05) is 6.54 Å². The molecule has 0 fully saturated rings. The Hall–Kier alpha value is -0.650. The van der Waals surface area contributed by atoms with E-state index < -0.39 is 0 Å². The molecule has 2 rings (SSSR count). The third-order valence-corrected chi connectivity index (χ3v) is 4.03. The molecule has 0 radical (unpaired) electrons. The lowest BCUT2D eigenvalue weighted by molar-refractivity contribution is 0.610. The molecule has 0 saturated heterocycles. The van der Waals surface area contributed by atoms with E-state index in [1.54, 1.807) is 6.07 Å². The molecule has 0 heterocycles. The summed E-state index contributed by atoms with van der Waals surface area (Å²) in [5.41, 5.74) is 2.14. The molecule has 0 aliphatic carbocycles. The molecule has 2 aromatic rings. The van der Waals surface area contributed by atoms with Crippen LogP contribution in [-0.4, -0.2) is 6.54 Å². The average molecular weight is 390 g/mol. The van der Waals surface area contributed by atoms with Crippen LogP contribution < -0.4 is 5.32 Å². The topological polar surface area (TPSA) is 12.0 Å². The first-order valence-corrected chi connectivity index (χ1v) is 7.51. The molecule has 0 spiro atoms. The van der Waals surface area contributed by atoms with Crippen LogP contribution in [-0.2, 0) is 0 Å². The fourth-order valence-electron chi connectivity index (χ4n) is 2.03. The van der Waals surface area contributed by atoms with Gasteiger partial charge >= 0.3 is 0 Å². The Balaban J connectivity index is 2.45. The Morgan fingerprint density at radius 3 is 2.68 bits per heavy atom. The number of hydrogen-bond donors (Lipinski definition) is 1. The largest absolute Gasteiger partial charge is 0.306 e. The van der Waals surface area contributed by atoms with Crippen LogP contribution in [0.5, 0.6) is 0 Å². The van der Waals surface area contributed by atoms with Gasteiger partial charge in [-0.2, -0.15) is 0 Å². The standard InChI is InChI=1S/C15H14ClFIN/c1-2-19-15(10-4-3-5-11(16)8-10)13-7-6-12(17)9-14(13)18/h3-9,15,19H,2H2,1H3. The zero-order valence-corrected chi connectivity index (χ0v) is 13.4. The highest BCUT2D eigenvalue weighted by Gasteiger charge is 2.16. The first-order valence-electron chi connectivity index (χ1n) is 6.05. The van der Waals surface area contributed by atoms with E-state index in [1.165, 1.54) is 6.07 Å². The van der Waals surface area contributed by atoms with Gasteiger partial charge in [0.2, 0.25) is 0 Å². The summed E-state index contributed by atoms with van der Waals surface area (Å²) >= 11 is 8.22. The van der Waals surface area contributed by atoms with Gasteiger partial charge in [0.1, 0.15) is 5.82 Å². The second-order valence-electron chi connectivity index (χ2n) is 4.21. The van der Waals surface area contributed by atoms with E-state index >= 15 is 0 Å². The maximum absolute atomic E-state index is 13.2. The van der Waals surface area contributed by atoms with Crippen molar-refractivity contribution >= 4 is 34.2 Å². The fraction of sp³-hybridized carbons (Fsp3) is 0.200. The molecule has 0 aliphatic heterocycles. The van der Waals surface area contributed by atoms with Crippen LogP contribution in [0.3, 0.4) is 0 Å². The Bertz CT molecular complexity index is 574. The second-order valence-corrected chi connectivity index (χ2v) is 5.81. The van der Waals surface area contributed by atoms with Gasteiger partial charge in [0, 0.05) is 8.59 Å². The fourth-order valence-corrected chi connectivity index (χ4v) is 3.02. The van der Waals surface area contributed by atoms with E-state index in [1.807, 2.05) is 37.3 Å². The highest BCUT2D eigenvalue weighted by Crippen LogP contribution is 2.28. The third-order valence-electron chi connectivity index (χ3n) is 2.86. The molecule has 4 heteroatoms. The van der Waals surface area contributed by atoms with Gasteiger partial charge in [0.15, 0.2) is 0 Å². The van der Waals surface area contributed by atoms with Crippen LogP contribution in [0.15, 0.2) is 42.5 Å². The van der Waals surface area contributed by atoms with Gasteiger partial charge in [-0.3, -0.25) is 0 Å². The zero-order valence-electron chi connectivity index (χ0n) is 10.5. The quantitative estimate of drug-likeness (QED) is 0.742. The summed E-state index contributed by atoms with van der Waals surface area (Å²) in [6, 6.07) is 12.6. The van der Waals surface area contributed by atoms with Crippen LogP contribution in [0.25, 0.3) is 0 Å². The van der Waals surface area contributed by atoms with Crippen LogP contribution in [0.4, 0.5) is 4.39 Å². The van der Waals surface area contributed by atoms with Crippen molar-refractivity contribution in [2.24, 2.45) is 0 Å². The van der Waals surface area contributed by atoms with Crippen molar-refractivity contribution in [3.63, 3.8) is 0 Å². The molecule has 100 valence electrons. The lowest BCUT2D eigenvalue weighted by Gasteiger charge is -2.20. The summed E-state index contributed by atoms with van der Waals surface area (Å²) in [5, 5.41) is 4.12. The van der Waals surface area contributed by atoms with Crippen molar-refractivity contribution in [2.45, 2.75) is 13.0 Å². The molecule has 0 aliphatic rings. The van der Waals surface area contributed by atoms with Gasteiger partial charge in [0.05, 0.1) is 6.04 Å². The lowest BCUT2D eigenvalue weighted by Crippen LogP contribution is -2.22. The minimum absolute atomic E-state index is 0.0243. The maximum atomic E-state index is 13.2. The Morgan fingerprint density at radius 2 is 2.05 bits per heavy atom. The third kappa shape index (κ3) is 3.68. The van der Waals surface area contributed by atoms with Gasteiger partial charge in [-0.25, -0.2) is 4.39 Å². The molecular formula is C15H14ClFIN. The summed E-state index contributed by atoms with van der Waals surface area (Å²) in [7, 11) is 0. The van der Waals surface area contributed by atoms with Gasteiger partial charge < -0.3 is 5.32 Å². The van der Waals surface area contributed by atoms with Gasteiger partial charge in [-0.15, -0.1) is 0 Å². The monoisotopic (exact) mass is 389 g/mol. The highest BCUT2D eigenvalue weighted by atomic mass is 127. The van der Waals surface area contributed by atoms with E-state index in [2.05, 4.69) is 27.9 Å². The summed E-state index contributed by atoms with van der Waals surface area (Å²) in [5.74, 6) is -0.213. The summed E-state index contributed by atoms with van der Waals surface area (Å²) < 4.78 is 14.1. The lowest BCUT2D eigenvalue weighted by atomic mass is 9.98. The first kappa shape index (κ1) is 14.8. The van der Waals surface area contributed by atoms with Crippen molar-refractivity contribution < 1.29 is 4.39 Å². The van der Waals surface area contributed by atoms with Gasteiger partial charge in [-0.05, 0) is 64.5 Å². The average Bonchev–Trinajstić information content (AvgIpc) is 2.37. The van der Waals surface area contributed by atoms with Gasteiger partial charge in [-0.1, -0.05) is 36.7 Å². The predicted molar refractivity (Wildman–Crippen MR) is 86.1 cm³/mol. The molecule has 0 aromatic heterocycles.